The fourth-order valence-corrected chi connectivity index (χ4v) is 2.64. The maximum absolute atomic E-state index is 4.37. The molecular formula is C10H17N3S. The van der Waals surface area contributed by atoms with Crippen LogP contribution in [0.15, 0.2) is 11.6 Å². The van der Waals surface area contributed by atoms with Crippen LogP contribution in [-0.4, -0.2) is 35.6 Å². The van der Waals surface area contributed by atoms with Gasteiger partial charge >= 0.3 is 0 Å². The zero-order valence-electron chi connectivity index (χ0n) is 8.73. The minimum Gasteiger partial charge on any atom is -0.312 e. The molecule has 2 atom stereocenters. The van der Waals surface area contributed by atoms with E-state index in [0.29, 0.717) is 12.1 Å². The lowest BCUT2D eigenvalue weighted by atomic mass is 10.2. The lowest BCUT2D eigenvalue weighted by Gasteiger charge is -2.35. The molecule has 0 unspecified atom stereocenters. The summed E-state index contributed by atoms with van der Waals surface area (Å²) < 4.78 is 0. The molecule has 1 aliphatic heterocycles. The quantitative estimate of drug-likeness (QED) is 0.803. The fourth-order valence-electron chi connectivity index (χ4n) is 1.91. The van der Waals surface area contributed by atoms with Crippen LogP contribution in [0.2, 0.25) is 0 Å². The van der Waals surface area contributed by atoms with Gasteiger partial charge in [-0.15, -0.1) is 11.3 Å². The largest absolute Gasteiger partial charge is 0.312 e. The molecule has 2 heterocycles. The number of aromatic nitrogens is 1. The summed E-state index contributed by atoms with van der Waals surface area (Å²) in [6.45, 7) is 7.83. The first-order valence-electron chi connectivity index (χ1n) is 5.14. The highest BCUT2D eigenvalue weighted by molar-refractivity contribution is 7.09. The van der Waals surface area contributed by atoms with Crippen molar-refractivity contribution in [2.24, 2.45) is 0 Å². The van der Waals surface area contributed by atoms with Gasteiger partial charge in [0, 0.05) is 37.3 Å². The third-order valence-corrected chi connectivity index (χ3v) is 3.70. The van der Waals surface area contributed by atoms with Crippen LogP contribution in [0, 0.1) is 0 Å². The van der Waals surface area contributed by atoms with E-state index in [1.165, 1.54) is 5.01 Å². The topological polar surface area (TPSA) is 28.2 Å². The minimum atomic E-state index is 0.472. The fraction of sp³-hybridized carbons (Fsp3) is 0.700. The second-order valence-corrected chi connectivity index (χ2v) is 4.82. The van der Waals surface area contributed by atoms with Crippen molar-refractivity contribution < 1.29 is 0 Å². The summed E-state index contributed by atoms with van der Waals surface area (Å²) in [4.78, 5) is 6.87. The summed E-state index contributed by atoms with van der Waals surface area (Å²) >= 11 is 1.75. The average molecular weight is 211 g/mol. The van der Waals surface area contributed by atoms with Gasteiger partial charge in [0.15, 0.2) is 0 Å². The molecule has 1 fully saturated rings. The van der Waals surface area contributed by atoms with Crippen molar-refractivity contribution in [1.29, 1.82) is 0 Å². The molecule has 78 valence electrons. The summed E-state index contributed by atoms with van der Waals surface area (Å²) in [6.07, 6.45) is 1.89. The van der Waals surface area contributed by atoms with Gasteiger partial charge in [0.1, 0.15) is 5.01 Å². The Bertz CT molecular complexity index is 273. The summed E-state index contributed by atoms with van der Waals surface area (Å²) in [5.41, 5.74) is 0. The molecule has 0 amide bonds. The highest BCUT2D eigenvalue weighted by atomic mass is 32.1. The monoisotopic (exact) mass is 211 g/mol. The molecule has 0 aromatic carbocycles. The van der Waals surface area contributed by atoms with Crippen LogP contribution in [0.5, 0.6) is 0 Å². The van der Waals surface area contributed by atoms with Crippen LogP contribution < -0.4 is 5.32 Å². The number of thiazole rings is 1. The normalized spacial score (nSPS) is 26.3. The number of nitrogens with zero attached hydrogens (tertiary/aromatic N) is 2. The standard InChI is InChI=1S/C10H17N3S/c1-8-7-13(5-3-11-8)9(2)10-12-4-6-14-10/h4,6,8-9,11H,3,5,7H2,1-2H3/t8-,9+/m0/s1. The van der Waals surface area contributed by atoms with Gasteiger partial charge < -0.3 is 5.32 Å². The zero-order valence-corrected chi connectivity index (χ0v) is 9.55. The summed E-state index contributed by atoms with van der Waals surface area (Å²) in [7, 11) is 0. The van der Waals surface area contributed by atoms with E-state index in [9.17, 15) is 0 Å². The van der Waals surface area contributed by atoms with Gasteiger partial charge in [-0.1, -0.05) is 0 Å². The third kappa shape index (κ3) is 2.13. The van der Waals surface area contributed by atoms with Crippen LogP contribution in [0.25, 0.3) is 0 Å². The maximum atomic E-state index is 4.37. The molecule has 1 aromatic rings. The molecule has 1 saturated heterocycles. The molecule has 14 heavy (non-hydrogen) atoms. The van der Waals surface area contributed by atoms with Gasteiger partial charge in [0.05, 0.1) is 6.04 Å². The van der Waals surface area contributed by atoms with E-state index in [1.807, 2.05) is 6.20 Å². The highest BCUT2D eigenvalue weighted by Gasteiger charge is 2.22. The van der Waals surface area contributed by atoms with Crippen LogP contribution >= 0.6 is 11.3 Å². The molecule has 0 aliphatic carbocycles. The van der Waals surface area contributed by atoms with Gasteiger partial charge in [-0.25, -0.2) is 4.98 Å². The number of rotatable bonds is 2. The first-order valence-corrected chi connectivity index (χ1v) is 6.02. The lowest BCUT2D eigenvalue weighted by Crippen LogP contribution is -2.49. The zero-order chi connectivity index (χ0) is 9.97. The molecule has 0 spiro atoms. The number of piperazine rings is 1. The molecule has 1 aliphatic rings. The van der Waals surface area contributed by atoms with Crippen LogP contribution in [0.3, 0.4) is 0 Å². The molecule has 1 aromatic heterocycles. The maximum Gasteiger partial charge on any atom is 0.109 e. The Morgan fingerprint density at radius 2 is 2.57 bits per heavy atom. The Hall–Kier alpha value is -0.450. The number of hydrogen-bond donors (Lipinski definition) is 1. The van der Waals surface area contributed by atoms with Crippen LogP contribution in [0.4, 0.5) is 0 Å². The van der Waals surface area contributed by atoms with Crippen LogP contribution in [-0.2, 0) is 0 Å². The van der Waals surface area contributed by atoms with Crippen molar-refractivity contribution in [2.75, 3.05) is 19.6 Å². The third-order valence-electron chi connectivity index (χ3n) is 2.76. The van der Waals surface area contributed by atoms with E-state index in [-0.39, 0.29) is 0 Å². The molecule has 2 rings (SSSR count). The van der Waals surface area contributed by atoms with Crippen molar-refractivity contribution in [3.05, 3.63) is 16.6 Å². The van der Waals surface area contributed by atoms with Crippen molar-refractivity contribution in [3.63, 3.8) is 0 Å². The van der Waals surface area contributed by atoms with Crippen LogP contribution in [0.1, 0.15) is 24.9 Å². The number of nitrogens with one attached hydrogen (secondary N) is 1. The van der Waals surface area contributed by atoms with Gasteiger partial charge in [-0.2, -0.15) is 0 Å². The summed E-state index contributed by atoms with van der Waals surface area (Å²) in [5.74, 6) is 0. The molecule has 3 nitrogen and oxygen atoms in total. The molecule has 1 N–H and O–H groups in total. The molecule has 0 radical (unpaired) electrons. The van der Waals surface area contributed by atoms with E-state index in [0.717, 1.165) is 19.6 Å². The minimum absolute atomic E-state index is 0.472. The van der Waals surface area contributed by atoms with E-state index in [2.05, 4.69) is 34.4 Å². The molecule has 4 heteroatoms. The SMILES string of the molecule is C[C@H](c1nccs1)N1CCN[C@@H](C)C1. The van der Waals surface area contributed by atoms with Crippen molar-refractivity contribution in [1.82, 2.24) is 15.2 Å². The summed E-state index contributed by atoms with van der Waals surface area (Å²) in [5, 5.41) is 6.74. The molecule has 0 bridgehead atoms. The molecular weight excluding hydrogens is 194 g/mol. The first kappa shape index (κ1) is 10.1. The Balaban J connectivity index is 2.00. The second-order valence-electron chi connectivity index (χ2n) is 3.90. The lowest BCUT2D eigenvalue weighted by molar-refractivity contribution is 0.158. The number of hydrogen-bond acceptors (Lipinski definition) is 4. The van der Waals surface area contributed by atoms with Gasteiger partial charge in [0.2, 0.25) is 0 Å². The van der Waals surface area contributed by atoms with Gasteiger partial charge in [-0.05, 0) is 13.8 Å². The van der Waals surface area contributed by atoms with Gasteiger partial charge in [-0.3, -0.25) is 4.90 Å². The Labute approximate surface area is 89.1 Å². The van der Waals surface area contributed by atoms with Crippen molar-refractivity contribution >= 4 is 11.3 Å². The predicted octanol–water partition coefficient (Wildman–Crippen LogP) is 1.50. The van der Waals surface area contributed by atoms with Crippen molar-refractivity contribution in [2.45, 2.75) is 25.9 Å². The second kappa shape index (κ2) is 4.38. The van der Waals surface area contributed by atoms with Crippen molar-refractivity contribution in [3.8, 4) is 0 Å². The Morgan fingerprint density at radius 1 is 1.71 bits per heavy atom. The van der Waals surface area contributed by atoms with E-state index < -0.39 is 0 Å². The smallest absolute Gasteiger partial charge is 0.109 e. The van der Waals surface area contributed by atoms with E-state index >= 15 is 0 Å². The highest BCUT2D eigenvalue weighted by Crippen LogP contribution is 2.22. The Kier molecular flexibility index (Phi) is 3.15. The van der Waals surface area contributed by atoms with E-state index in [1.54, 1.807) is 11.3 Å². The predicted molar refractivity (Wildman–Crippen MR) is 59.6 cm³/mol. The Morgan fingerprint density at radius 3 is 3.21 bits per heavy atom. The first-order chi connectivity index (χ1) is 6.77. The summed E-state index contributed by atoms with van der Waals surface area (Å²) in [6, 6.07) is 1.07. The average Bonchev–Trinajstić information content (AvgIpc) is 2.69. The van der Waals surface area contributed by atoms with Gasteiger partial charge in [0.25, 0.3) is 0 Å². The van der Waals surface area contributed by atoms with E-state index in [4.69, 9.17) is 0 Å². The molecule has 0 saturated carbocycles.